The first-order valence-corrected chi connectivity index (χ1v) is 6.16. The fraction of sp³-hybridized carbons (Fsp3) is 0.846. The van der Waals surface area contributed by atoms with Crippen molar-refractivity contribution in [1.82, 2.24) is 4.90 Å². The second-order valence-corrected chi connectivity index (χ2v) is 5.82. The highest BCUT2D eigenvalue weighted by Crippen LogP contribution is 2.27. The van der Waals surface area contributed by atoms with Crippen molar-refractivity contribution in [3.63, 3.8) is 0 Å². The minimum absolute atomic E-state index is 0.103. The van der Waals surface area contributed by atoms with Crippen LogP contribution in [0.25, 0.3) is 0 Å². The maximum atomic E-state index is 12.1. The molecule has 0 saturated heterocycles. The third-order valence-electron chi connectivity index (χ3n) is 2.61. The van der Waals surface area contributed by atoms with Crippen LogP contribution >= 0.6 is 0 Å². The number of amides is 1. The van der Waals surface area contributed by atoms with Crippen molar-refractivity contribution < 1.29 is 19.4 Å². The number of likely N-dealkylation sites (N-methyl/N-ethyl adjacent to an activating group) is 1. The SMILES string of the molecule is CC(C)OCCN(C)C(=O)C(C(=O)O)C(C)(C)C. The van der Waals surface area contributed by atoms with E-state index in [1.807, 2.05) is 13.8 Å². The molecule has 1 atom stereocenters. The third kappa shape index (κ3) is 5.49. The summed E-state index contributed by atoms with van der Waals surface area (Å²) in [7, 11) is 1.60. The maximum Gasteiger partial charge on any atom is 0.316 e. The Morgan fingerprint density at radius 3 is 2.11 bits per heavy atom. The van der Waals surface area contributed by atoms with Crippen LogP contribution in [0.2, 0.25) is 0 Å². The molecule has 106 valence electrons. The fourth-order valence-corrected chi connectivity index (χ4v) is 1.60. The van der Waals surface area contributed by atoms with E-state index in [1.165, 1.54) is 4.90 Å². The molecule has 0 aromatic rings. The Balaban J connectivity index is 4.54. The average Bonchev–Trinajstić information content (AvgIpc) is 2.13. The molecule has 0 aliphatic carbocycles. The summed E-state index contributed by atoms with van der Waals surface area (Å²) in [5, 5.41) is 9.16. The van der Waals surface area contributed by atoms with Crippen LogP contribution in [0.15, 0.2) is 0 Å². The summed E-state index contributed by atoms with van der Waals surface area (Å²) in [6, 6.07) is 0. The largest absolute Gasteiger partial charge is 0.481 e. The Hall–Kier alpha value is -1.10. The number of carbonyl (C=O) groups excluding carboxylic acids is 1. The number of ether oxygens (including phenoxy) is 1. The molecule has 0 fully saturated rings. The van der Waals surface area contributed by atoms with Gasteiger partial charge >= 0.3 is 5.97 Å². The number of hydrogen-bond donors (Lipinski definition) is 1. The fourth-order valence-electron chi connectivity index (χ4n) is 1.60. The van der Waals surface area contributed by atoms with Gasteiger partial charge in [0.15, 0.2) is 0 Å². The summed E-state index contributed by atoms with van der Waals surface area (Å²) in [4.78, 5) is 24.7. The van der Waals surface area contributed by atoms with Gasteiger partial charge < -0.3 is 14.7 Å². The van der Waals surface area contributed by atoms with Gasteiger partial charge in [-0.2, -0.15) is 0 Å². The number of aliphatic carboxylic acids is 1. The second-order valence-electron chi connectivity index (χ2n) is 5.82. The topological polar surface area (TPSA) is 66.8 Å². The summed E-state index contributed by atoms with van der Waals surface area (Å²) in [6.07, 6.45) is 0.103. The standard InChI is InChI=1S/C13H25NO4/c1-9(2)18-8-7-14(6)11(15)10(12(16)17)13(3,4)5/h9-10H,7-8H2,1-6H3,(H,16,17). The van der Waals surface area contributed by atoms with Crippen LogP contribution in [0, 0.1) is 11.3 Å². The van der Waals surface area contributed by atoms with Gasteiger partial charge in [-0.1, -0.05) is 20.8 Å². The molecule has 0 rings (SSSR count). The van der Waals surface area contributed by atoms with E-state index in [9.17, 15) is 9.59 Å². The van der Waals surface area contributed by atoms with Crippen molar-refractivity contribution in [3.8, 4) is 0 Å². The Kier molecular flexibility index (Phi) is 6.32. The highest BCUT2D eigenvalue weighted by molar-refractivity contribution is 5.97. The van der Waals surface area contributed by atoms with Gasteiger partial charge in [-0.05, 0) is 19.3 Å². The minimum Gasteiger partial charge on any atom is -0.481 e. The Bertz CT molecular complexity index is 294. The second kappa shape index (κ2) is 6.73. The van der Waals surface area contributed by atoms with Crippen molar-refractivity contribution in [3.05, 3.63) is 0 Å². The van der Waals surface area contributed by atoms with E-state index in [-0.39, 0.29) is 12.0 Å². The van der Waals surface area contributed by atoms with E-state index in [2.05, 4.69) is 0 Å². The van der Waals surface area contributed by atoms with Gasteiger partial charge in [0.2, 0.25) is 5.91 Å². The van der Waals surface area contributed by atoms with E-state index in [1.54, 1.807) is 27.8 Å². The van der Waals surface area contributed by atoms with Crippen molar-refractivity contribution in [1.29, 1.82) is 0 Å². The van der Waals surface area contributed by atoms with Crippen LogP contribution in [-0.4, -0.2) is 48.2 Å². The molecule has 0 aliphatic heterocycles. The van der Waals surface area contributed by atoms with Gasteiger partial charge in [0.25, 0.3) is 0 Å². The van der Waals surface area contributed by atoms with Gasteiger partial charge in [0.1, 0.15) is 5.92 Å². The molecule has 18 heavy (non-hydrogen) atoms. The lowest BCUT2D eigenvalue weighted by Gasteiger charge is -2.30. The molecule has 1 unspecified atom stereocenters. The van der Waals surface area contributed by atoms with E-state index < -0.39 is 17.3 Å². The predicted molar refractivity (Wildman–Crippen MR) is 69.3 cm³/mol. The van der Waals surface area contributed by atoms with E-state index >= 15 is 0 Å². The molecule has 0 heterocycles. The highest BCUT2D eigenvalue weighted by atomic mass is 16.5. The Morgan fingerprint density at radius 2 is 1.78 bits per heavy atom. The third-order valence-corrected chi connectivity index (χ3v) is 2.61. The van der Waals surface area contributed by atoms with E-state index in [0.717, 1.165) is 0 Å². The van der Waals surface area contributed by atoms with Gasteiger partial charge in [-0.15, -0.1) is 0 Å². The van der Waals surface area contributed by atoms with Crippen LogP contribution in [0.5, 0.6) is 0 Å². The number of carbonyl (C=O) groups is 2. The average molecular weight is 259 g/mol. The molecule has 0 aromatic carbocycles. The van der Waals surface area contributed by atoms with Crippen molar-refractivity contribution >= 4 is 11.9 Å². The van der Waals surface area contributed by atoms with Crippen LogP contribution in [0.1, 0.15) is 34.6 Å². The summed E-state index contributed by atoms with van der Waals surface area (Å²) < 4.78 is 5.35. The van der Waals surface area contributed by atoms with Crippen LogP contribution < -0.4 is 0 Å². The molecule has 0 bridgehead atoms. The quantitative estimate of drug-likeness (QED) is 0.736. The molecule has 5 nitrogen and oxygen atoms in total. The lowest BCUT2D eigenvalue weighted by atomic mass is 9.80. The number of carboxylic acids is 1. The van der Waals surface area contributed by atoms with Gasteiger partial charge in [0.05, 0.1) is 12.7 Å². The summed E-state index contributed by atoms with van der Waals surface area (Å²) in [5.74, 6) is -2.48. The van der Waals surface area contributed by atoms with E-state index in [0.29, 0.717) is 13.2 Å². The number of carboxylic acid groups (broad SMARTS) is 1. The molecular weight excluding hydrogens is 234 g/mol. The zero-order valence-corrected chi connectivity index (χ0v) is 12.2. The first-order valence-electron chi connectivity index (χ1n) is 6.16. The first kappa shape index (κ1) is 16.9. The lowest BCUT2D eigenvalue weighted by molar-refractivity contribution is -0.155. The Morgan fingerprint density at radius 1 is 1.28 bits per heavy atom. The molecule has 0 saturated carbocycles. The van der Waals surface area contributed by atoms with Gasteiger partial charge in [-0.25, -0.2) is 0 Å². The molecular formula is C13H25NO4. The monoisotopic (exact) mass is 259 g/mol. The molecule has 0 spiro atoms. The van der Waals surface area contributed by atoms with E-state index in [4.69, 9.17) is 9.84 Å². The van der Waals surface area contributed by atoms with Gasteiger partial charge in [-0.3, -0.25) is 9.59 Å². The summed E-state index contributed by atoms with van der Waals surface area (Å²) in [5.41, 5.74) is -0.601. The number of hydrogen-bond acceptors (Lipinski definition) is 3. The van der Waals surface area contributed by atoms with Crippen LogP contribution in [0.3, 0.4) is 0 Å². The minimum atomic E-state index is -1.08. The predicted octanol–water partition coefficient (Wildman–Crippen LogP) is 1.62. The smallest absolute Gasteiger partial charge is 0.316 e. The van der Waals surface area contributed by atoms with Crippen molar-refractivity contribution in [2.24, 2.45) is 11.3 Å². The first-order chi connectivity index (χ1) is 8.07. The lowest BCUT2D eigenvalue weighted by Crippen LogP contribution is -2.44. The summed E-state index contributed by atoms with van der Waals surface area (Å²) in [6.45, 7) is 9.90. The summed E-state index contributed by atoms with van der Waals surface area (Å²) >= 11 is 0. The van der Waals surface area contributed by atoms with Crippen LogP contribution in [0.4, 0.5) is 0 Å². The van der Waals surface area contributed by atoms with Crippen molar-refractivity contribution in [2.75, 3.05) is 20.2 Å². The Labute approximate surface area is 109 Å². The molecule has 1 amide bonds. The molecule has 0 aliphatic rings. The highest BCUT2D eigenvalue weighted by Gasteiger charge is 2.39. The van der Waals surface area contributed by atoms with Gasteiger partial charge in [0, 0.05) is 13.6 Å². The molecule has 1 N–H and O–H groups in total. The van der Waals surface area contributed by atoms with Crippen molar-refractivity contribution in [2.45, 2.75) is 40.7 Å². The number of rotatable bonds is 6. The molecule has 5 heteroatoms. The molecule has 0 aromatic heterocycles. The molecule has 0 radical (unpaired) electrons. The zero-order chi connectivity index (χ0) is 14.5. The normalized spacial score (nSPS) is 13.5. The van der Waals surface area contributed by atoms with Crippen LogP contribution in [-0.2, 0) is 14.3 Å². The maximum absolute atomic E-state index is 12.1. The zero-order valence-electron chi connectivity index (χ0n) is 12.2. The number of nitrogens with zero attached hydrogens (tertiary/aromatic N) is 1.